The Bertz CT molecular complexity index is 831. The van der Waals surface area contributed by atoms with Crippen molar-refractivity contribution in [3.63, 3.8) is 0 Å². The van der Waals surface area contributed by atoms with E-state index in [2.05, 4.69) is 47.3 Å². The van der Waals surface area contributed by atoms with E-state index in [9.17, 15) is 4.79 Å². The first-order valence-corrected chi connectivity index (χ1v) is 10.00. The number of rotatable bonds is 4. The van der Waals surface area contributed by atoms with Crippen LogP contribution in [-0.2, 0) is 16.1 Å². The molecule has 156 valence electrons. The molecule has 3 heterocycles. The standard InChI is InChI=1S/C21H27N3O2.CH2O2/c1-15-19(17(3)26-22-15)12-24-14-21(20(24)25)10-7-11-23(13-21)16(2)18-8-5-4-6-9-18;2-1-3/h4-6,8-9,16H,7,10-14H2,1-3H3;1H,(H,2,3). The molecule has 1 aromatic heterocycles. The van der Waals surface area contributed by atoms with Gasteiger partial charge in [-0.2, -0.15) is 0 Å². The van der Waals surface area contributed by atoms with Crippen molar-refractivity contribution in [2.45, 2.75) is 46.2 Å². The number of aryl methyl sites for hydroxylation is 2. The zero-order valence-corrected chi connectivity index (χ0v) is 17.3. The lowest BCUT2D eigenvalue weighted by Crippen LogP contribution is -2.66. The van der Waals surface area contributed by atoms with Crippen molar-refractivity contribution in [3.05, 3.63) is 52.9 Å². The third kappa shape index (κ3) is 4.19. The number of β-lactam (4-membered cyclic amide) rings is 1. The Morgan fingerprint density at radius 2 is 1.97 bits per heavy atom. The van der Waals surface area contributed by atoms with E-state index in [0.29, 0.717) is 18.5 Å². The second-order valence-electron chi connectivity index (χ2n) is 8.01. The normalized spacial score (nSPS) is 22.6. The molecule has 0 radical (unpaired) electrons. The summed E-state index contributed by atoms with van der Waals surface area (Å²) in [6, 6.07) is 10.9. The van der Waals surface area contributed by atoms with Gasteiger partial charge in [0.2, 0.25) is 5.91 Å². The molecule has 2 aliphatic heterocycles. The average molecular weight is 399 g/mol. The summed E-state index contributed by atoms with van der Waals surface area (Å²) < 4.78 is 5.24. The van der Waals surface area contributed by atoms with E-state index < -0.39 is 0 Å². The number of carboxylic acid groups (broad SMARTS) is 1. The van der Waals surface area contributed by atoms with Gasteiger partial charge in [-0.15, -0.1) is 0 Å². The van der Waals surface area contributed by atoms with Crippen molar-refractivity contribution in [3.8, 4) is 0 Å². The highest BCUT2D eigenvalue weighted by Gasteiger charge is 2.54. The lowest BCUT2D eigenvalue weighted by molar-refractivity contribution is -0.168. The van der Waals surface area contributed by atoms with Crippen molar-refractivity contribution < 1.29 is 19.2 Å². The van der Waals surface area contributed by atoms with Crippen LogP contribution in [0.4, 0.5) is 0 Å². The lowest BCUT2D eigenvalue weighted by atomic mass is 9.71. The monoisotopic (exact) mass is 399 g/mol. The van der Waals surface area contributed by atoms with Gasteiger partial charge in [-0.05, 0) is 45.7 Å². The van der Waals surface area contributed by atoms with Crippen LogP contribution >= 0.6 is 0 Å². The molecule has 0 saturated carbocycles. The van der Waals surface area contributed by atoms with Gasteiger partial charge >= 0.3 is 0 Å². The Balaban J connectivity index is 0.000000755. The first kappa shape index (κ1) is 21.0. The van der Waals surface area contributed by atoms with Crippen molar-refractivity contribution >= 4 is 12.4 Å². The van der Waals surface area contributed by atoms with Gasteiger partial charge in [0.15, 0.2) is 0 Å². The molecule has 0 bridgehead atoms. The molecular weight excluding hydrogens is 370 g/mol. The van der Waals surface area contributed by atoms with Crippen LogP contribution in [0.1, 0.15) is 48.4 Å². The highest BCUT2D eigenvalue weighted by Crippen LogP contribution is 2.43. The summed E-state index contributed by atoms with van der Waals surface area (Å²) >= 11 is 0. The van der Waals surface area contributed by atoms with Gasteiger partial charge < -0.3 is 14.5 Å². The fourth-order valence-corrected chi connectivity index (χ4v) is 4.54. The molecule has 2 aliphatic rings. The fraction of sp³-hybridized carbons (Fsp3) is 0.500. The Hall–Kier alpha value is -2.67. The number of likely N-dealkylation sites (tertiary alicyclic amines) is 2. The van der Waals surface area contributed by atoms with E-state index >= 15 is 0 Å². The number of carbonyl (C=O) groups is 2. The first-order chi connectivity index (χ1) is 13.9. The Kier molecular flexibility index (Phi) is 6.37. The van der Waals surface area contributed by atoms with Crippen molar-refractivity contribution in [2.24, 2.45) is 5.41 Å². The molecule has 2 saturated heterocycles. The summed E-state index contributed by atoms with van der Waals surface area (Å²) in [5.41, 5.74) is 3.07. The van der Waals surface area contributed by atoms with E-state index in [0.717, 1.165) is 49.5 Å². The highest BCUT2D eigenvalue weighted by molar-refractivity contribution is 5.89. The molecule has 1 amide bonds. The van der Waals surface area contributed by atoms with Crippen LogP contribution in [0.25, 0.3) is 0 Å². The SMILES string of the molecule is Cc1noc(C)c1CN1CC2(CCCN(C(C)c3ccccc3)C2)C1=O.O=CO. The van der Waals surface area contributed by atoms with E-state index in [4.69, 9.17) is 14.4 Å². The van der Waals surface area contributed by atoms with Crippen LogP contribution < -0.4 is 0 Å². The highest BCUT2D eigenvalue weighted by atomic mass is 16.5. The average Bonchev–Trinajstić information content (AvgIpc) is 3.06. The van der Waals surface area contributed by atoms with E-state index in [1.165, 1.54) is 5.56 Å². The number of benzene rings is 1. The summed E-state index contributed by atoms with van der Waals surface area (Å²) in [6.07, 6.45) is 2.09. The molecule has 29 heavy (non-hydrogen) atoms. The Morgan fingerprint density at radius 3 is 2.55 bits per heavy atom. The molecule has 1 spiro atoms. The summed E-state index contributed by atoms with van der Waals surface area (Å²) in [5, 5.41) is 10.9. The van der Waals surface area contributed by atoms with Crippen LogP contribution in [-0.4, -0.2) is 52.1 Å². The third-order valence-electron chi connectivity index (χ3n) is 6.20. The smallest absolute Gasteiger partial charge is 0.290 e. The minimum Gasteiger partial charge on any atom is -0.483 e. The molecule has 2 aromatic rings. The quantitative estimate of drug-likeness (QED) is 0.628. The fourth-order valence-electron chi connectivity index (χ4n) is 4.54. The van der Waals surface area contributed by atoms with Gasteiger partial charge in [-0.3, -0.25) is 14.5 Å². The third-order valence-corrected chi connectivity index (χ3v) is 6.20. The summed E-state index contributed by atoms with van der Waals surface area (Å²) in [7, 11) is 0. The van der Waals surface area contributed by atoms with Crippen LogP contribution in [0.15, 0.2) is 34.9 Å². The first-order valence-electron chi connectivity index (χ1n) is 10.00. The summed E-state index contributed by atoms with van der Waals surface area (Å²) in [5.74, 6) is 1.11. The number of hydrogen-bond acceptors (Lipinski definition) is 5. The van der Waals surface area contributed by atoms with Gasteiger partial charge in [-0.25, -0.2) is 0 Å². The predicted molar refractivity (Wildman–Crippen MR) is 108 cm³/mol. The Labute approximate surface area is 171 Å². The van der Waals surface area contributed by atoms with E-state index in [-0.39, 0.29) is 11.9 Å². The molecule has 7 nitrogen and oxygen atoms in total. The van der Waals surface area contributed by atoms with Gasteiger partial charge in [0.25, 0.3) is 6.47 Å². The van der Waals surface area contributed by atoms with Gasteiger partial charge in [0.1, 0.15) is 5.76 Å². The lowest BCUT2D eigenvalue weighted by Gasteiger charge is -2.54. The number of aromatic nitrogens is 1. The summed E-state index contributed by atoms with van der Waals surface area (Å²) in [4.78, 5) is 25.8. The zero-order valence-electron chi connectivity index (χ0n) is 17.3. The predicted octanol–water partition coefficient (Wildman–Crippen LogP) is 3.18. The minimum atomic E-state index is -0.250. The zero-order chi connectivity index (χ0) is 21.0. The second-order valence-corrected chi connectivity index (χ2v) is 8.01. The van der Waals surface area contributed by atoms with E-state index in [1.807, 2.05) is 18.7 Å². The van der Waals surface area contributed by atoms with Crippen LogP contribution in [0.3, 0.4) is 0 Å². The van der Waals surface area contributed by atoms with Gasteiger partial charge in [0, 0.05) is 24.7 Å². The summed E-state index contributed by atoms with van der Waals surface area (Å²) in [6.45, 7) is 9.24. The molecule has 7 heteroatoms. The van der Waals surface area contributed by atoms with Crippen LogP contribution in [0.2, 0.25) is 0 Å². The Morgan fingerprint density at radius 1 is 1.28 bits per heavy atom. The van der Waals surface area contributed by atoms with Gasteiger partial charge in [-0.1, -0.05) is 35.5 Å². The molecule has 2 atom stereocenters. The minimum absolute atomic E-state index is 0.194. The maximum atomic E-state index is 13.0. The van der Waals surface area contributed by atoms with Crippen molar-refractivity contribution in [1.82, 2.24) is 15.0 Å². The van der Waals surface area contributed by atoms with Gasteiger partial charge in [0.05, 0.1) is 17.7 Å². The molecule has 4 rings (SSSR count). The van der Waals surface area contributed by atoms with E-state index in [1.54, 1.807) is 0 Å². The second kappa shape index (κ2) is 8.78. The topological polar surface area (TPSA) is 86.9 Å². The molecule has 1 aromatic carbocycles. The van der Waals surface area contributed by atoms with Crippen molar-refractivity contribution in [2.75, 3.05) is 19.6 Å². The maximum absolute atomic E-state index is 13.0. The number of piperidine rings is 1. The van der Waals surface area contributed by atoms with Crippen molar-refractivity contribution in [1.29, 1.82) is 0 Å². The number of nitrogens with zero attached hydrogens (tertiary/aromatic N) is 3. The molecular formula is C22H29N3O4. The largest absolute Gasteiger partial charge is 0.483 e. The number of amides is 1. The van der Waals surface area contributed by atoms with Crippen LogP contribution in [0, 0.1) is 19.3 Å². The molecule has 0 aliphatic carbocycles. The molecule has 2 unspecified atom stereocenters. The number of carbonyl (C=O) groups excluding carboxylic acids is 1. The number of hydrogen-bond donors (Lipinski definition) is 1. The molecule has 1 N–H and O–H groups in total. The van der Waals surface area contributed by atoms with Crippen LogP contribution in [0.5, 0.6) is 0 Å². The molecule has 2 fully saturated rings. The maximum Gasteiger partial charge on any atom is 0.290 e.